The molecule has 6 nitrogen and oxygen atoms in total. The third kappa shape index (κ3) is 4.67. The Hall–Kier alpha value is -4.06. The van der Waals surface area contributed by atoms with Crippen LogP contribution in [0.5, 0.6) is 5.75 Å². The van der Waals surface area contributed by atoms with Crippen molar-refractivity contribution in [3.63, 3.8) is 0 Å². The Kier molecular flexibility index (Phi) is 5.75. The molecule has 4 aromatic rings. The van der Waals surface area contributed by atoms with Crippen molar-refractivity contribution >= 4 is 23.0 Å². The van der Waals surface area contributed by atoms with Crippen LogP contribution >= 0.6 is 0 Å². The molecule has 0 atom stereocenters. The Morgan fingerprint density at radius 2 is 1.67 bits per heavy atom. The maximum Gasteiger partial charge on any atom is 0.257 e. The van der Waals surface area contributed by atoms with Gasteiger partial charge in [-0.15, -0.1) is 0 Å². The molecule has 4 rings (SSSR count). The van der Waals surface area contributed by atoms with Gasteiger partial charge >= 0.3 is 0 Å². The van der Waals surface area contributed by atoms with Crippen LogP contribution in [0.2, 0.25) is 0 Å². The van der Waals surface area contributed by atoms with Crippen LogP contribution in [0.4, 0.5) is 17.1 Å². The van der Waals surface area contributed by atoms with Gasteiger partial charge in [0.15, 0.2) is 0 Å². The number of aryl methyl sites for hydroxylation is 1. The van der Waals surface area contributed by atoms with Crippen LogP contribution in [-0.2, 0) is 13.7 Å². The fourth-order valence-electron chi connectivity index (χ4n) is 2.98. The first-order valence-corrected chi connectivity index (χ1v) is 9.60. The van der Waals surface area contributed by atoms with E-state index in [1.54, 1.807) is 12.3 Å². The number of carbonyl (C=O) groups is 1. The van der Waals surface area contributed by atoms with E-state index in [0.29, 0.717) is 23.6 Å². The molecule has 6 heteroatoms. The highest BCUT2D eigenvalue weighted by atomic mass is 16.5. The third-order valence-corrected chi connectivity index (χ3v) is 4.63. The molecule has 0 aliphatic rings. The van der Waals surface area contributed by atoms with Gasteiger partial charge in [0.05, 0.1) is 11.3 Å². The molecule has 0 saturated heterocycles. The molecule has 30 heavy (non-hydrogen) atoms. The molecule has 0 aliphatic heterocycles. The number of anilines is 3. The van der Waals surface area contributed by atoms with E-state index < -0.39 is 0 Å². The van der Waals surface area contributed by atoms with Crippen molar-refractivity contribution < 1.29 is 9.53 Å². The van der Waals surface area contributed by atoms with Gasteiger partial charge < -0.3 is 19.9 Å². The highest BCUT2D eigenvalue weighted by molar-refractivity contribution is 6.08. The van der Waals surface area contributed by atoms with Crippen molar-refractivity contribution in [1.82, 2.24) is 9.55 Å². The lowest BCUT2D eigenvalue weighted by molar-refractivity contribution is 0.102. The summed E-state index contributed by atoms with van der Waals surface area (Å²) in [4.78, 5) is 17.1. The fourth-order valence-corrected chi connectivity index (χ4v) is 2.98. The van der Waals surface area contributed by atoms with Crippen molar-refractivity contribution in [2.75, 3.05) is 10.6 Å². The number of hydrogen-bond acceptors (Lipinski definition) is 4. The fraction of sp³-hybridized carbons (Fsp3) is 0.0833. The number of nitrogens with one attached hydrogen (secondary N) is 2. The van der Waals surface area contributed by atoms with E-state index in [0.717, 1.165) is 17.2 Å². The summed E-state index contributed by atoms with van der Waals surface area (Å²) in [5.41, 5.74) is 2.93. The van der Waals surface area contributed by atoms with Crippen LogP contribution in [0.1, 0.15) is 16.2 Å². The minimum atomic E-state index is -0.185. The second-order valence-corrected chi connectivity index (χ2v) is 6.76. The van der Waals surface area contributed by atoms with Gasteiger partial charge in [0.25, 0.3) is 5.91 Å². The quantitative estimate of drug-likeness (QED) is 0.460. The highest BCUT2D eigenvalue weighted by Gasteiger charge is 2.11. The molecule has 0 unspecified atom stereocenters. The Morgan fingerprint density at radius 1 is 0.933 bits per heavy atom. The number of hydrogen-bond donors (Lipinski definition) is 2. The number of aromatic nitrogens is 2. The summed E-state index contributed by atoms with van der Waals surface area (Å²) in [6.45, 7) is 0.383. The molecule has 3 aromatic carbocycles. The number of imidazole rings is 1. The molecular weight excluding hydrogens is 376 g/mol. The monoisotopic (exact) mass is 398 g/mol. The average Bonchev–Trinajstić information content (AvgIpc) is 3.19. The number of para-hydroxylation sites is 2. The number of nitrogens with zero attached hydrogens (tertiary/aromatic N) is 2. The van der Waals surface area contributed by atoms with Crippen LogP contribution in [-0.4, -0.2) is 15.5 Å². The summed E-state index contributed by atoms with van der Waals surface area (Å²) < 4.78 is 7.67. The lowest BCUT2D eigenvalue weighted by Gasteiger charge is -2.13. The molecule has 0 saturated carbocycles. The third-order valence-electron chi connectivity index (χ3n) is 4.63. The Balaban J connectivity index is 1.41. The Morgan fingerprint density at radius 3 is 2.40 bits per heavy atom. The van der Waals surface area contributed by atoms with Crippen LogP contribution in [0.25, 0.3) is 0 Å². The van der Waals surface area contributed by atoms with Crippen molar-refractivity contribution in [2.24, 2.45) is 7.05 Å². The van der Waals surface area contributed by atoms with Crippen LogP contribution in [0.15, 0.2) is 91.3 Å². The minimum absolute atomic E-state index is 0.185. The Labute approximate surface area is 175 Å². The molecule has 0 bridgehead atoms. The van der Waals surface area contributed by atoms with Crippen molar-refractivity contribution in [1.29, 1.82) is 0 Å². The van der Waals surface area contributed by atoms with Crippen molar-refractivity contribution in [3.8, 4) is 5.75 Å². The van der Waals surface area contributed by atoms with Gasteiger partial charge in [-0.1, -0.05) is 30.3 Å². The van der Waals surface area contributed by atoms with Gasteiger partial charge in [0, 0.05) is 30.8 Å². The summed E-state index contributed by atoms with van der Waals surface area (Å²) in [5.74, 6) is 1.37. The van der Waals surface area contributed by atoms with Gasteiger partial charge in [-0.05, 0) is 48.5 Å². The minimum Gasteiger partial charge on any atom is -0.486 e. The van der Waals surface area contributed by atoms with E-state index in [1.165, 1.54) is 0 Å². The standard InChI is InChI=1S/C24H22N4O2/c1-28-16-15-25-23(28)17-30-20-13-11-19(12-14-20)27-24(29)21-9-5-6-10-22(21)26-18-7-3-2-4-8-18/h2-16,26H,17H2,1H3,(H,27,29). The summed E-state index contributed by atoms with van der Waals surface area (Å²) in [5, 5.41) is 6.23. The average molecular weight is 398 g/mol. The number of rotatable bonds is 7. The molecule has 1 heterocycles. The first-order valence-electron chi connectivity index (χ1n) is 9.60. The van der Waals surface area contributed by atoms with Crippen molar-refractivity contribution in [2.45, 2.75) is 6.61 Å². The number of ether oxygens (including phenoxy) is 1. The molecule has 150 valence electrons. The predicted molar refractivity (Wildman–Crippen MR) is 118 cm³/mol. The zero-order valence-electron chi connectivity index (χ0n) is 16.6. The summed E-state index contributed by atoms with van der Waals surface area (Å²) >= 11 is 0. The molecule has 1 amide bonds. The largest absolute Gasteiger partial charge is 0.486 e. The van der Waals surface area contributed by atoms with Gasteiger partial charge in [-0.3, -0.25) is 4.79 Å². The summed E-state index contributed by atoms with van der Waals surface area (Å²) in [7, 11) is 1.93. The normalized spacial score (nSPS) is 10.4. The van der Waals surface area contributed by atoms with Crippen LogP contribution in [0, 0.1) is 0 Å². The number of amides is 1. The highest BCUT2D eigenvalue weighted by Crippen LogP contribution is 2.23. The van der Waals surface area contributed by atoms with Gasteiger partial charge in [-0.2, -0.15) is 0 Å². The Bertz CT molecular complexity index is 1120. The molecule has 1 aromatic heterocycles. The number of benzene rings is 3. The topological polar surface area (TPSA) is 68.2 Å². The van der Waals surface area contributed by atoms with E-state index in [1.807, 2.05) is 90.6 Å². The van der Waals surface area contributed by atoms with Gasteiger partial charge in [0.1, 0.15) is 18.2 Å². The zero-order chi connectivity index (χ0) is 20.8. The van der Waals surface area contributed by atoms with Crippen LogP contribution < -0.4 is 15.4 Å². The lowest BCUT2D eigenvalue weighted by Crippen LogP contribution is -2.13. The van der Waals surface area contributed by atoms with Crippen molar-refractivity contribution in [3.05, 3.63) is 103 Å². The summed E-state index contributed by atoms with van der Waals surface area (Å²) in [6, 6.07) is 24.5. The SMILES string of the molecule is Cn1ccnc1COc1ccc(NC(=O)c2ccccc2Nc2ccccc2)cc1. The van der Waals surface area contributed by atoms with Gasteiger partial charge in [-0.25, -0.2) is 4.98 Å². The predicted octanol–water partition coefficient (Wildman–Crippen LogP) is 5.00. The first kappa shape index (κ1) is 19.3. The van der Waals surface area contributed by atoms with E-state index in [2.05, 4.69) is 15.6 Å². The van der Waals surface area contributed by atoms with Gasteiger partial charge in [0.2, 0.25) is 0 Å². The lowest BCUT2D eigenvalue weighted by atomic mass is 10.1. The molecule has 2 N–H and O–H groups in total. The number of carbonyl (C=O) groups excluding carboxylic acids is 1. The second kappa shape index (κ2) is 8.96. The zero-order valence-corrected chi connectivity index (χ0v) is 16.6. The molecule has 0 radical (unpaired) electrons. The molecule has 0 spiro atoms. The summed E-state index contributed by atoms with van der Waals surface area (Å²) in [6.07, 6.45) is 3.61. The molecular formula is C24H22N4O2. The van der Waals surface area contributed by atoms with E-state index in [-0.39, 0.29) is 5.91 Å². The van der Waals surface area contributed by atoms with E-state index in [9.17, 15) is 4.79 Å². The first-order chi connectivity index (χ1) is 14.7. The van der Waals surface area contributed by atoms with Crippen LogP contribution in [0.3, 0.4) is 0 Å². The molecule has 0 fully saturated rings. The maximum atomic E-state index is 12.8. The maximum absolute atomic E-state index is 12.8. The van der Waals surface area contributed by atoms with E-state index >= 15 is 0 Å². The second-order valence-electron chi connectivity index (χ2n) is 6.76. The molecule has 0 aliphatic carbocycles. The van der Waals surface area contributed by atoms with E-state index in [4.69, 9.17) is 4.74 Å². The smallest absolute Gasteiger partial charge is 0.257 e.